The number of methoxy groups -OCH3 is 2. The van der Waals surface area contributed by atoms with Crippen LogP contribution in [0.25, 0.3) is 0 Å². The minimum Gasteiger partial charge on any atom is -0.493 e. The summed E-state index contributed by atoms with van der Waals surface area (Å²) >= 11 is 0. The maximum absolute atomic E-state index is 13.7. The van der Waals surface area contributed by atoms with Crippen molar-refractivity contribution in [2.45, 2.75) is 13.1 Å². The zero-order chi connectivity index (χ0) is 21.0. The van der Waals surface area contributed by atoms with Crippen LogP contribution in [0.15, 0.2) is 60.7 Å². The first-order valence-electron chi connectivity index (χ1n) is 9.65. The van der Waals surface area contributed by atoms with Gasteiger partial charge in [0.15, 0.2) is 11.5 Å². The number of para-hydroxylation sites is 2. The summed E-state index contributed by atoms with van der Waals surface area (Å²) in [6.45, 7) is 1.96. The fraction of sp³-hybridized carbons (Fsp3) is 0.167. The molecular weight excluding hydrogens is 380 g/mol. The Bertz CT molecular complexity index is 1200. The molecule has 5 rings (SSSR count). The molecule has 3 aromatic carbocycles. The lowest BCUT2D eigenvalue weighted by Gasteiger charge is -2.41. The van der Waals surface area contributed by atoms with Crippen LogP contribution in [0.3, 0.4) is 0 Å². The topological polar surface area (TPSA) is 59.1 Å². The van der Waals surface area contributed by atoms with Gasteiger partial charge in [-0.2, -0.15) is 0 Å². The number of hydrogen-bond donors (Lipinski definition) is 0. The average Bonchev–Trinajstić information content (AvgIpc) is 3.07. The molecular formula is C24H20N2O4. The molecule has 2 aliphatic heterocycles. The minimum atomic E-state index is -0.601. The third-order valence-corrected chi connectivity index (χ3v) is 5.77. The van der Waals surface area contributed by atoms with Crippen LogP contribution in [-0.4, -0.2) is 26.0 Å². The van der Waals surface area contributed by atoms with Gasteiger partial charge in [-0.15, -0.1) is 0 Å². The van der Waals surface area contributed by atoms with Crippen molar-refractivity contribution in [3.05, 3.63) is 82.9 Å². The Morgan fingerprint density at radius 1 is 0.767 bits per heavy atom. The summed E-state index contributed by atoms with van der Waals surface area (Å²) in [5.74, 6) is 0.497. The van der Waals surface area contributed by atoms with E-state index < -0.39 is 6.17 Å². The number of aryl methyl sites for hydroxylation is 1. The van der Waals surface area contributed by atoms with Crippen LogP contribution in [0.1, 0.15) is 38.0 Å². The monoisotopic (exact) mass is 400 g/mol. The molecule has 6 heteroatoms. The van der Waals surface area contributed by atoms with Gasteiger partial charge in [0, 0.05) is 11.3 Å². The highest BCUT2D eigenvalue weighted by Gasteiger charge is 2.50. The van der Waals surface area contributed by atoms with Gasteiger partial charge in [-0.1, -0.05) is 36.4 Å². The Hall–Kier alpha value is -3.80. The van der Waals surface area contributed by atoms with Crippen molar-refractivity contribution in [2.24, 2.45) is 0 Å². The zero-order valence-corrected chi connectivity index (χ0v) is 16.9. The van der Waals surface area contributed by atoms with Gasteiger partial charge < -0.3 is 9.47 Å². The Kier molecular flexibility index (Phi) is 4.03. The van der Waals surface area contributed by atoms with Crippen LogP contribution in [0.2, 0.25) is 0 Å². The summed E-state index contributed by atoms with van der Waals surface area (Å²) in [7, 11) is 3.05. The van der Waals surface area contributed by atoms with Crippen molar-refractivity contribution < 1.29 is 19.1 Å². The quantitative estimate of drug-likeness (QED) is 0.657. The third kappa shape index (κ3) is 2.30. The smallest absolute Gasteiger partial charge is 0.264 e. The number of carbonyl (C=O) groups is 2. The van der Waals surface area contributed by atoms with E-state index in [1.54, 1.807) is 21.9 Å². The molecule has 0 aromatic heterocycles. The first kappa shape index (κ1) is 18.2. The molecule has 6 nitrogen and oxygen atoms in total. The summed E-state index contributed by atoms with van der Waals surface area (Å²) in [6, 6.07) is 18.5. The molecule has 0 bridgehead atoms. The van der Waals surface area contributed by atoms with E-state index in [1.807, 2.05) is 55.5 Å². The number of fused-ring (bicyclic) bond motifs is 5. The number of ether oxygens (including phenoxy) is 2. The van der Waals surface area contributed by atoms with E-state index in [1.165, 1.54) is 14.2 Å². The van der Waals surface area contributed by atoms with E-state index in [9.17, 15) is 9.59 Å². The average molecular weight is 400 g/mol. The van der Waals surface area contributed by atoms with Crippen molar-refractivity contribution in [2.75, 3.05) is 24.0 Å². The molecule has 0 saturated heterocycles. The SMILES string of the molecule is COc1ccc2c(c1OC)C(=O)N1c3ccccc3C(=O)N(c3ccccc3C)[C@@H]21. The molecule has 0 N–H and O–H groups in total. The van der Waals surface area contributed by atoms with Gasteiger partial charge in [0.2, 0.25) is 0 Å². The lowest BCUT2D eigenvalue weighted by Crippen LogP contribution is -2.48. The number of benzene rings is 3. The lowest BCUT2D eigenvalue weighted by molar-refractivity contribution is 0.0948. The summed E-state index contributed by atoms with van der Waals surface area (Å²) in [4.78, 5) is 30.7. The normalized spacial score (nSPS) is 16.8. The second-order valence-corrected chi connectivity index (χ2v) is 7.29. The molecule has 150 valence electrons. The van der Waals surface area contributed by atoms with E-state index in [4.69, 9.17) is 9.47 Å². The van der Waals surface area contributed by atoms with Gasteiger partial charge in [-0.05, 0) is 36.8 Å². The number of hydrogen-bond acceptors (Lipinski definition) is 4. The number of anilines is 2. The lowest BCUT2D eigenvalue weighted by atomic mass is 10.0. The summed E-state index contributed by atoms with van der Waals surface area (Å²) in [5, 5.41) is 0. The molecule has 0 saturated carbocycles. The van der Waals surface area contributed by atoms with Crippen LogP contribution in [-0.2, 0) is 0 Å². The van der Waals surface area contributed by atoms with E-state index in [2.05, 4.69) is 0 Å². The van der Waals surface area contributed by atoms with Gasteiger partial charge in [-0.3, -0.25) is 19.4 Å². The van der Waals surface area contributed by atoms with Crippen LogP contribution >= 0.6 is 0 Å². The fourth-order valence-corrected chi connectivity index (χ4v) is 4.42. The summed E-state index contributed by atoms with van der Waals surface area (Å²) in [5.41, 5.74) is 3.94. The Balaban J connectivity index is 1.83. The number of amides is 2. The van der Waals surface area contributed by atoms with Crippen molar-refractivity contribution in [1.29, 1.82) is 0 Å². The first-order valence-corrected chi connectivity index (χ1v) is 9.65. The molecule has 2 amide bonds. The van der Waals surface area contributed by atoms with Gasteiger partial charge in [0.05, 0.1) is 31.0 Å². The standard InChI is InChI=1S/C24H20N2O4/c1-14-8-4-6-10-17(14)25-22-16-12-13-19(29-2)21(30-3)20(16)24(28)26(22)18-11-7-5-9-15(18)23(25)27/h4-13,22H,1-3H3/t22-/m1/s1. The van der Waals surface area contributed by atoms with Crippen molar-refractivity contribution in [1.82, 2.24) is 0 Å². The van der Waals surface area contributed by atoms with Crippen molar-refractivity contribution in [3.8, 4) is 11.5 Å². The predicted molar refractivity (Wildman–Crippen MR) is 114 cm³/mol. The zero-order valence-electron chi connectivity index (χ0n) is 16.9. The maximum atomic E-state index is 13.7. The molecule has 0 spiro atoms. The fourth-order valence-electron chi connectivity index (χ4n) is 4.42. The van der Waals surface area contributed by atoms with Gasteiger partial charge in [0.1, 0.15) is 6.17 Å². The van der Waals surface area contributed by atoms with E-state index in [0.717, 1.165) is 11.3 Å². The molecule has 2 aliphatic rings. The van der Waals surface area contributed by atoms with Crippen LogP contribution in [0.4, 0.5) is 11.4 Å². The van der Waals surface area contributed by atoms with Crippen molar-refractivity contribution in [3.63, 3.8) is 0 Å². The molecule has 0 radical (unpaired) electrons. The molecule has 0 fully saturated rings. The Morgan fingerprint density at radius 2 is 1.43 bits per heavy atom. The van der Waals surface area contributed by atoms with Gasteiger partial charge in [0.25, 0.3) is 11.8 Å². The van der Waals surface area contributed by atoms with E-state index in [0.29, 0.717) is 33.9 Å². The third-order valence-electron chi connectivity index (χ3n) is 5.77. The highest BCUT2D eigenvalue weighted by atomic mass is 16.5. The Labute approximate surface area is 174 Å². The highest BCUT2D eigenvalue weighted by Crippen LogP contribution is 2.51. The number of carbonyl (C=O) groups excluding carboxylic acids is 2. The largest absolute Gasteiger partial charge is 0.493 e. The summed E-state index contributed by atoms with van der Waals surface area (Å²) in [6.07, 6.45) is -0.601. The minimum absolute atomic E-state index is 0.142. The van der Waals surface area contributed by atoms with Crippen LogP contribution < -0.4 is 19.3 Å². The van der Waals surface area contributed by atoms with Gasteiger partial charge in [-0.25, -0.2) is 0 Å². The molecule has 3 aromatic rings. The van der Waals surface area contributed by atoms with E-state index >= 15 is 0 Å². The molecule has 1 atom stereocenters. The predicted octanol–water partition coefficient (Wildman–Crippen LogP) is 4.33. The maximum Gasteiger partial charge on any atom is 0.264 e. The van der Waals surface area contributed by atoms with Crippen molar-refractivity contribution >= 4 is 23.2 Å². The second-order valence-electron chi connectivity index (χ2n) is 7.29. The first-order chi connectivity index (χ1) is 14.6. The molecule has 2 heterocycles. The molecule has 0 unspecified atom stereocenters. The van der Waals surface area contributed by atoms with E-state index in [-0.39, 0.29) is 11.8 Å². The van der Waals surface area contributed by atoms with Crippen LogP contribution in [0, 0.1) is 6.92 Å². The highest BCUT2D eigenvalue weighted by molar-refractivity contribution is 6.22. The number of nitrogens with zero attached hydrogens (tertiary/aromatic N) is 2. The number of rotatable bonds is 3. The molecule has 30 heavy (non-hydrogen) atoms. The summed E-state index contributed by atoms with van der Waals surface area (Å²) < 4.78 is 11.0. The second kappa shape index (κ2) is 6.62. The Morgan fingerprint density at radius 3 is 2.13 bits per heavy atom. The van der Waals surface area contributed by atoms with Gasteiger partial charge >= 0.3 is 0 Å². The van der Waals surface area contributed by atoms with Crippen LogP contribution in [0.5, 0.6) is 11.5 Å². The molecule has 0 aliphatic carbocycles.